The molecule has 3 aliphatic rings. The van der Waals surface area contributed by atoms with E-state index in [1.165, 1.54) is 0 Å². The molecule has 32 heavy (non-hydrogen) atoms. The highest BCUT2D eigenvalue weighted by Crippen LogP contribution is 2.58. The predicted octanol–water partition coefficient (Wildman–Crippen LogP) is 2.38. The zero-order chi connectivity index (χ0) is 22.9. The molecule has 3 fully saturated rings. The lowest BCUT2D eigenvalue weighted by molar-refractivity contribution is -0.154. The van der Waals surface area contributed by atoms with E-state index < -0.39 is 35.6 Å². The fraction of sp³-hybridized carbons (Fsp3) is 0.609. The maximum Gasteiger partial charge on any atom is 0.312 e. The van der Waals surface area contributed by atoms with Crippen LogP contribution in [0.25, 0.3) is 0 Å². The minimum Gasteiger partial charge on any atom is -0.466 e. The molecule has 0 unspecified atom stereocenters. The van der Waals surface area contributed by atoms with Gasteiger partial charge in [0, 0.05) is 13.2 Å². The molecule has 8 nitrogen and oxygen atoms in total. The predicted molar refractivity (Wildman–Crippen MR) is 117 cm³/mol. The monoisotopic (exact) mass is 464 g/mol. The van der Waals surface area contributed by atoms with Crippen molar-refractivity contribution in [2.45, 2.75) is 56.8 Å². The second-order valence-corrected chi connectivity index (χ2v) is 9.00. The Labute approximate surface area is 192 Å². The van der Waals surface area contributed by atoms with Crippen molar-refractivity contribution < 1.29 is 29.0 Å². The van der Waals surface area contributed by atoms with E-state index in [1.807, 2.05) is 0 Å². The topological polar surface area (TPSA) is 105 Å². The Bertz CT molecular complexity index is 895. The van der Waals surface area contributed by atoms with Crippen molar-refractivity contribution in [1.29, 1.82) is 0 Å². The number of nitrogens with one attached hydrogen (secondary N) is 1. The van der Waals surface area contributed by atoms with Crippen molar-refractivity contribution in [3.05, 3.63) is 29.3 Å². The van der Waals surface area contributed by atoms with Crippen LogP contribution in [0.5, 0.6) is 0 Å². The molecule has 1 spiro atoms. The van der Waals surface area contributed by atoms with Gasteiger partial charge >= 0.3 is 5.97 Å². The summed E-state index contributed by atoms with van der Waals surface area (Å²) in [6, 6.07) is 6.05. The van der Waals surface area contributed by atoms with Crippen LogP contribution >= 0.6 is 11.6 Å². The summed E-state index contributed by atoms with van der Waals surface area (Å²) in [5.41, 5.74) is -0.595. The number of nitrogens with zero attached hydrogens (tertiary/aromatic N) is 1. The molecule has 1 aromatic carbocycles. The van der Waals surface area contributed by atoms with Gasteiger partial charge < -0.3 is 24.8 Å². The van der Waals surface area contributed by atoms with Crippen molar-refractivity contribution in [2.24, 2.45) is 11.8 Å². The lowest BCUT2D eigenvalue weighted by Gasteiger charge is -2.33. The van der Waals surface area contributed by atoms with Crippen molar-refractivity contribution in [1.82, 2.24) is 4.90 Å². The highest BCUT2D eigenvalue weighted by molar-refractivity contribution is 6.33. The molecule has 4 rings (SSSR count). The van der Waals surface area contributed by atoms with E-state index in [9.17, 15) is 14.4 Å². The normalized spacial score (nSPS) is 30.5. The molecule has 3 saturated heterocycles. The lowest BCUT2D eigenvalue weighted by Crippen LogP contribution is -2.53. The summed E-state index contributed by atoms with van der Waals surface area (Å²) in [5, 5.41) is 12.3. The van der Waals surface area contributed by atoms with Crippen LogP contribution in [0, 0.1) is 11.8 Å². The molecule has 174 valence electrons. The summed E-state index contributed by atoms with van der Waals surface area (Å²) in [6.45, 7) is 2.37. The quantitative estimate of drug-likeness (QED) is 0.429. The third-order valence-corrected chi connectivity index (χ3v) is 7.13. The molecular weight excluding hydrogens is 436 g/mol. The molecule has 0 saturated carbocycles. The van der Waals surface area contributed by atoms with E-state index in [4.69, 9.17) is 26.2 Å². The van der Waals surface area contributed by atoms with Crippen molar-refractivity contribution in [3.63, 3.8) is 0 Å². The number of aliphatic hydroxyl groups excluding tert-OH is 1. The summed E-state index contributed by atoms with van der Waals surface area (Å²) < 4.78 is 11.5. The lowest BCUT2D eigenvalue weighted by atomic mass is 9.71. The molecule has 3 heterocycles. The summed E-state index contributed by atoms with van der Waals surface area (Å²) in [7, 11) is 0. The second kappa shape index (κ2) is 9.37. The third kappa shape index (κ3) is 3.78. The Morgan fingerprint density at radius 1 is 1.31 bits per heavy atom. The standard InChI is InChI=1S/C23H29ClN2O6/c1-2-31-22(30)17-16-10-11-23(32-16)18(17)21(29)26(12-6-3-7-13-27)19(23)20(28)25-15-9-5-4-8-14(15)24/h4-5,8-9,16-19,27H,2-3,6-7,10-13H2,1H3,(H,25,28)/t16-,17+,18+,19-,23+/m0/s1. The Kier molecular flexibility index (Phi) is 6.74. The molecule has 0 aromatic heterocycles. The number of esters is 1. The van der Waals surface area contributed by atoms with E-state index >= 15 is 0 Å². The smallest absolute Gasteiger partial charge is 0.312 e. The first-order chi connectivity index (χ1) is 15.4. The highest BCUT2D eigenvalue weighted by Gasteiger charge is 2.74. The number of carbonyl (C=O) groups is 3. The average molecular weight is 465 g/mol. The number of rotatable bonds is 9. The summed E-state index contributed by atoms with van der Waals surface area (Å²) in [4.78, 5) is 41.4. The first kappa shape index (κ1) is 23.0. The van der Waals surface area contributed by atoms with E-state index in [1.54, 1.807) is 36.1 Å². The van der Waals surface area contributed by atoms with Gasteiger partial charge in [-0.05, 0) is 51.2 Å². The van der Waals surface area contributed by atoms with Crippen LogP contribution < -0.4 is 5.32 Å². The van der Waals surface area contributed by atoms with Gasteiger partial charge in [0.05, 0.1) is 35.3 Å². The molecule has 2 amide bonds. The first-order valence-corrected chi connectivity index (χ1v) is 11.6. The number of amides is 2. The number of hydrogen-bond acceptors (Lipinski definition) is 6. The number of unbranched alkanes of at least 4 members (excludes halogenated alkanes) is 2. The van der Waals surface area contributed by atoms with Gasteiger partial charge in [0.1, 0.15) is 11.6 Å². The molecule has 5 atom stereocenters. The minimum atomic E-state index is -1.05. The number of ether oxygens (including phenoxy) is 2. The number of halogens is 1. The number of hydrogen-bond donors (Lipinski definition) is 2. The van der Waals surface area contributed by atoms with Crippen LogP contribution in [0.4, 0.5) is 5.69 Å². The SMILES string of the molecule is CCOC(=O)[C@@H]1[C@@H]2CC[C@]3(O2)[C@H](C(=O)Nc2ccccc2Cl)N(CCCCCO)C(=O)[C@@H]13. The van der Waals surface area contributed by atoms with Crippen LogP contribution in [-0.4, -0.2) is 65.3 Å². The molecule has 0 aliphatic carbocycles. The highest BCUT2D eigenvalue weighted by atomic mass is 35.5. The largest absolute Gasteiger partial charge is 0.466 e. The number of benzene rings is 1. The fourth-order valence-corrected chi connectivity index (χ4v) is 5.72. The van der Waals surface area contributed by atoms with Crippen molar-refractivity contribution in [2.75, 3.05) is 25.1 Å². The maximum atomic E-state index is 13.6. The Balaban J connectivity index is 1.65. The second-order valence-electron chi connectivity index (χ2n) is 8.59. The van der Waals surface area contributed by atoms with Gasteiger partial charge in [0.25, 0.3) is 0 Å². The molecular formula is C23H29ClN2O6. The summed E-state index contributed by atoms with van der Waals surface area (Å²) >= 11 is 6.23. The van der Waals surface area contributed by atoms with E-state index in [-0.39, 0.29) is 25.0 Å². The summed E-state index contributed by atoms with van der Waals surface area (Å²) in [6.07, 6.45) is 2.69. The van der Waals surface area contributed by atoms with Crippen LogP contribution in [0.15, 0.2) is 24.3 Å². The number of fused-ring (bicyclic) bond motifs is 1. The number of carbonyl (C=O) groups excluding carboxylic acids is 3. The van der Waals surface area contributed by atoms with E-state index in [2.05, 4.69) is 5.32 Å². The van der Waals surface area contributed by atoms with Crippen LogP contribution in [-0.2, 0) is 23.9 Å². The third-order valence-electron chi connectivity index (χ3n) is 6.80. The number of likely N-dealkylation sites (tertiary alicyclic amines) is 1. The van der Waals surface area contributed by atoms with Gasteiger partial charge in [-0.15, -0.1) is 0 Å². The number of para-hydroxylation sites is 1. The summed E-state index contributed by atoms with van der Waals surface area (Å²) in [5.74, 6) is -2.49. The van der Waals surface area contributed by atoms with Crippen molar-refractivity contribution in [3.8, 4) is 0 Å². The molecule has 9 heteroatoms. The Morgan fingerprint density at radius 3 is 2.81 bits per heavy atom. The molecule has 2 bridgehead atoms. The average Bonchev–Trinajstić information content (AvgIpc) is 3.40. The van der Waals surface area contributed by atoms with Crippen molar-refractivity contribution >= 4 is 35.1 Å². The zero-order valence-electron chi connectivity index (χ0n) is 18.1. The maximum absolute atomic E-state index is 13.6. The first-order valence-electron chi connectivity index (χ1n) is 11.3. The van der Waals surface area contributed by atoms with Gasteiger partial charge in [-0.1, -0.05) is 23.7 Å². The van der Waals surface area contributed by atoms with Gasteiger partial charge in [0.2, 0.25) is 11.8 Å². The van der Waals surface area contributed by atoms with Gasteiger partial charge in [-0.2, -0.15) is 0 Å². The fourth-order valence-electron chi connectivity index (χ4n) is 5.53. The van der Waals surface area contributed by atoms with Gasteiger partial charge in [-0.25, -0.2) is 0 Å². The zero-order valence-corrected chi connectivity index (χ0v) is 18.8. The Hall–Kier alpha value is -2.16. The minimum absolute atomic E-state index is 0.0760. The molecule has 2 N–H and O–H groups in total. The van der Waals surface area contributed by atoms with Gasteiger partial charge in [-0.3, -0.25) is 14.4 Å². The van der Waals surface area contributed by atoms with Crippen LogP contribution in [0.1, 0.15) is 39.0 Å². The Morgan fingerprint density at radius 2 is 2.09 bits per heavy atom. The van der Waals surface area contributed by atoms with E-state index in [0.29, 0.717) is 42.9 Å². The van der Waals surface area contributed by atoms with Crippen LogP contribution in [0.3, 0.4) is 0 Å². The molecule has 3 aliphatic heterocycles. The molecule has 0 radical (unpaired) electrons. The van der Waals surface area contributed by atoms with E-state index in [0.717, 1.165) is 6.42 Å². The number of anilines is 1. The number of aliphatic hydroxyl groups is 1. The molecule has 1 aromatic rings. The van der Waals surface area contributed by atoms with Gasteiger partial charge in [0.15, 0.2) is 0 Å². The van der Waals surface area contributed by atoms with Crippen LogP contribution in [0.2, 0.25) is 5.02 Å².